The molecule has 0 bridgehead atoms. The van der Waals surface area contributed by atoms with E-state index in [0.717, 1.165) is 12.3 Å². The van der Waals surface area contributed by atoms with Crippen molar-refractivity contribution in [1.82, 2.24) is 4.98 Å². The summed E-state index contributed by atoms with van der Waals surface area (Å²) in [6.45, 7) is 0. The van der Waals surface area contributed by atoms with Gasteiger partial charge in [0, 0.05) is 12.3 Å². The molecule has 0 aliphatic heterocycles. The molecule has 0 fully saturated rings. The molecule has 0 unspecified atom stereocenters. The van der Waals surface area contributed by atoms with E-state index in [9.17, 15) is 9.18 Å². The first-order valence-corrected chi connectivity index (χ1v) is 2.34. The van der Waals surface area contributed by atoms with Gasteiger partial charge < -0.3 is 10.7 Å². The van der Waals surface area contributed by atoms with Crippen LogP contribution in [0.15, 0.2) is 17.1 Å². The van der Waals surface area contributed by atoms with E-state index in [1.807, 2.05) is 0 Å². The minimum absolute atomic E-state index is 0.126. The normalized spacial score (nSPS) is 9.44. The number of rotatable bonds is 0. The fraction of sp³-hybridized carbons (Fsp3) is 0. The third kappa shape index (κ3) is 1.07. The Balaban J connectivity index is 3.34. The second kappa shape index (κ2) is 1.89. The molecule has 0 atom stereocenters. The Morgan fingerprint density at radius 1 is 1.67 bits per heavy atom. The average molecular weight is 128 g/mol. The van der Waals surface area contributed by atoms with Crippen LogP contribution in [-0.2, 0) is 0 Å². The van der Waals surface area contributed by atoms with E-state index in [4.69, 9.17) is 5.73 Å². The Labute approximate surface area is 50.3 Å². The zero-order chi connectivity index (χ0) is 6.85. The molecule has 0 aliphatic rings. The molecule has 3 N–H and O–H groups in total. The topological polar surface area (TPSA) is 58.9 Å². The predicted octanol–water partition coefficient (Wildman–Crippen LogP) is 0.0962. The lowest BCUT2D eigenvalue weighted by Gasteiger charge is -1.90. The van der Waals surface area contributed by atoms with Crippen LogP contribution < -0.4 is 11.3 Å². The Morgan fingerprint density at radius 2 is 2.33 bits per heavy atom. The van der Waals surface area contributed by atoms with Crippen molar-refractivity contribution >= 4 is 5.69 Å². The van der Waals surface area contributed by atoms with E-state index >= 15 is 0 Å². The van der Waals surface area contributed by atoms with Gasteiger partial charge in [-0.2, -0.15) is 0 Å². The van der Waals surface area contributed by atoms with Crippen molar-refractivity contribution in [1.29, 1.82) is 0 Å². The number of halogens is 1. The predicted molar refractivity (Wildman–Crippen MR) is 31.4 cm³/mol. The molecule has 0 aromatic carbocycles. The first-order chi connectivity index (χ1) is 4.20. The zero-order valence-corrected chi connectivity index (χ0v) is 4.52. The number of nitrogen functional groups attached to an aromatic ring is 1. The van der Waals surface area contributed by atoms with Gasteiger partial charge in [-0.15, -0.1) is 0 Å². The number of pyridine rings is 1. The summed E-state index contributed by atoms with van der Waals surface area (Å²) in [5.41, 5.74) is 4.50. The van der Waals surface area contributed by atoms with Gasteiger partial charge in [-0.3, -0.25) is 4.79 Å². The molecule has 48 valence electrons. The van der Waals surface area contributed by atoms with E-state index in [1.54, 1.807) is 0 Å². The Morgan fingerprint density at radius 3 is 2.78 bits per heavy atom. The van der Waals surface area contributed by atoms with E-state index in [0.29, 0.717) is 0 Å². The standard InChI is InChI=1S/C5H5FN2O/c6-3-2-8-5(9)1-4(3)7/h1-2H,(H3,7,8,9). The summed E-state index contributed by atoms with van der Waals surface area (Å²) in [5, 5.41) is 0. The highest BCUT2D eigenvalue weighted by Gasteiger charge is 1.94. The number of nitrogens with two attached hydrogens (primary N) is 1. The lowest BCUT2D eigenvalue weighted by atomic mass is 10.4. The van der Waals surface area contributed by atoms with Crippen LogP contribution >= 0.6 is 0 Å². The number of aromatic amines is 1. The van der Waals surface area contributed by atoms with Gasteiger partial charge in [0.1, 0.15) is 0 Å². The lowest BCUT2D eigenvalue weighted by molar-refractivity contribution is 0.625. The largest absolute Gasteiger partial charge is 0.396 e. The minimum Gasteiger partial charge on any atom is -0.396 e. The quantitative estimate of drug-likeness (QED) is 0.520. The smallest absolute Gasteiger partial charge is 0.250 e. The van der Waals surface area contributed by atoms with Crippen LogP contribution in [0.25, 0.3) is 0 Å². The highest BCUT2D eigenvalue weighted by atomic mass is 19.1. The highest BCUT2D eigenvalue weighted by Crippen LogP contribution is 2.00. The average Bonchev–Trinajstić information content (AvgIpc) is 1.80. The van der Waals surface area contributed by atoms with Crippen LogP contribution in [0, 0.1) is 5.82 Å². The van der Waals surface area contributed by atoms with Crippen molar-refractivity contribution in [3.8, 4) is 0 Å². The van der Waals surface area contributed by atoms with Crippen LogP contribution in [0.1, 0.15) is 0 Å². The molecule has 0 radical (unpaired) electrons. The van der Waals surface area contributed by atoms with Crippen molar-refractivity contribution in [2.45, 2.75) is 0 Å². The number of nitrogens with one attached hydrogen (secondary N) is 1. The van der Waals surface area contributed by atoms with Crippen molar-refractivity contribution in [3.05, 3.63) is 28.4 Å². The molecule has 0 amide bonds. The first-order valence-electron chi connectivity index (χ1n) is 2.34. The second-order valence-corrected chi connectivity index (χ2v) is 1.60. The van der Waals surface area contributed by atoms with Crippen molar-refractivity contribution < 1.29 is 4.39 Å². The molecular weight excluding hydrogens is 123 g/mol. The molecule has 1 aromatic rings. The Bertz CT molecular complexity index is 268. The summed E-state index contributed by atoms with van der Waals surface area (Å²) in [4.78, 5) is 12.5. The van der Waals surface area contributed by atoms with E-state index in [2.05, 4.69) is 4.98 Å². The maximum Gasteiger partial charge on any atom is 0.250 e. The lowest BCUT2D eigenvalue weighted by Crippen LogP contribution is -2.06. The fourth-order valence-corrected chi connectivity index (χ4v) is 0.470. The van der Waals surface area contributed by atoms with E-state index in [-0.39, 0.29) is 5.69 Å². The summed E-state index contributed by atoms with van der Waals surface area (Å²) < 4.78 is 12.2. The Kier molecular flexibility index (Phi) is 1.22. The molecule has 4 heteroatoms. The van der Waals surface area contributed by atoms with Crippen LogP contribution in [0.2, 0.25) is 0 Å². The van der Waals surface area contributed by atoms with E-state index < -0.39 is 11.4 Å². The van der Waals surface area contributed by atoms with E-state index in [1.165, 1.54) is 0 Å². The molecule has 0 spiro atoms. The number of aromatic nitrogens is 1. The molecule has 9 heavy (non-hydrogen) atoms. The molecule has 1 rings (SSSR count). The van der Waals surface area contributed by atoms with Gasteiger partial charge in [-0.1, -0.05) is 0 Å². The monoisotopic (exact) mass is 128 g/mol. The van der Waals surface area contributed by atoms with Crippen LogP contribution in [0.5, 0.6) is 0 Å². The summed E-state index contributed by atoms with van der Waals surface area (Å²) in [5.74, 6) is -0.602. The second-order valence-electron chi connectivity index (χ2n) is 1.60. The van der Waals surface area contributed by atoms with Gasteiger partial charge in [-0.05, 0) is 0 Å². The molecule has 3 nitrogen and oxygen atoms in total. The van der Waals surface area contributed by atoms with Gasteiger partial charge in [0.05, 0.1) is 5.69 Å². The van der Waals surface area contributed by atoms with Crippen LogP contribution in [0.4, 0.5) is 10.1 Å². The zero-order valence-electron chi connectivity index (χ0n) is 4.52. The molecule has 0 aliphatic carbocycles. The maximum absolute atomic E-state index is 12.2. The minimum atomic E-state index is -0.602. The first kappa shape index (κ1) is 5.81. The van der Waals surface area contributed by atoms with Gasteiger partial charge in [-0.25, -0.2) is 4.39 Å². The molecule has 0 saturated carbocycles. The third-order valence-electron chi connectivity index (χ3n) is 0.904. The molecule has 1 aromatic heterocycles. The molecular formula is C5H5FN2O. The van der Waals surface area contributed by atoms with Gasteiger partial charge in [0.15, 0.2) is 5.82 Å². The Hall–Kier alpha value is -1.32. The van der Waals surface area contributed by atoms with Gasteiger partial charge >= 0.3 is 0 Å². The number of anilines is 1. The van der Waals surface area contributed by atoms with Crippen molar-refractivity contribution in [2.24, 2.45) is 0 Å². The number of H-pyrrole nitrogens is 1. The number of hydrogen-bond acceptors (Lipinski definition) is 2. The molecule has 1 heterocycles. The third-order valence-corrected chi connectivity index (χ3v) is 0.904. The van der Waals surface area contributed by atoms with Gasteiger partial charge in [0.25, 0.3) is 0 Å². The fourth-order valence-electron chi connectivity index (χ4n) is 0.470. The highest BCUT2D eigenvalue weighted by molar-refractivity contribution is 5.35. The van der Waals surface area contributed by atoms with Gasteiger partial charge in [0.2, 0.25) is 5.56 Å². The maximum atomic E-state index is 12.2. The van der Waals surface area contributed by atoms with Crippen LogP contribution in [0.3, 0.4) is 0 Å². The summed E-state index contributed by atoms with van der Waals surface area (Å²) >= 11 is 0. The molecule has 0 saturated heterocycles. The summed E-state index contributed by atoms with van der Waals surface area (Å²) in [6, 6.07) is 0.995. The summed E-state index contributed by atoms with van der Waals surface area (Å²) in [6.07, 6.45) is 0.928. The van der Waals surface area contributed by atoms with Crippen molar-refractivity contribution in [2.75, 3.05) is 5.73 Å². The number of hydrogen-bond donors (Lipinski definition) is 2. The van der Waals surface area contributed by atoms with Crippen LogP contribution in [-0.4, -0.2) is 4.98 Å². The van der Waals surface area contributed by atoms with Crippen molar-refractivity contribution in [3.63, 3.8) is 0 Å². The SMILES string of the molecule is Nc1cc(=O)[nH]cc1F. The summed E-state index contributed by atoms with van der Waals surface area (Å²) in [7, 11) is 0.